The normalized spacial score (nSPS) is 15.9. The van der Waals surface area contributed by atoms with Gasteiger partial charge in [-0.1, -0.05) is 18.2 Å². The maximum Gasteiger partial charge on any atom is 0.296 e. The summed E-state index contributed by atoms with van der Waals surface area (Å²) < 4.78 is 64.9. The molecule has 0 spiro atoms. The zero-order valence-electron chi connectivity index (χ0n) is 13.9. The van der Waals surface area contributed by atoms with Crippen LogP contribution < -0.4 is 11.2 Å². The van der Waals surface area contributed by atoms with Gasteiger partial charge in [-0.15, -0.1) is 0 Å². The van der Waals surface area contributed by atoms with Crippen LogP contribution in [0.5, 0.6) is 0 Å². The van der Waals surface area contributed by atoms with E-state index in [0.29, 0.717) is 5.69 Å². The number of anilines is 2. The maximum atomic E-state index is 12.8. The van der Waals surface area contributed by atoms with Crippen LogP contribution in [0, 0.1) is 0 Å². The Labute approximate surface area is 159 Å². The molecule has 146 valence electrons. The zero-order valence-corrected chi connectivity index (χ0v) is 15.5. The highest BCUT2D eigenvalue weighted by molar-refractivity contribution is 7.91. The molecule has 0 saturated heterocycles. The summed E-state index contributed by atoms with van der Waals surface area (Å²) in [5.74, 6) is -0.951. The Balaban J connectivity index is 2.21. The van der Waals surface area contributed by atoms with Gasteiger partial charge in [0.1, 0.15) is 4.91 Å². The number of allylic oxidation sites excluding steroid dienone is 1. The maximum absolute atomic E-state index is 12.8. The fourth-order valence-electron chi connectivity index (χ4n) is 2.56. The van der Waals surface area contributed by atoms with E-state index in [2.05, 4.69) is 10.5 Å². The number of para-hydroxylation sites is 1. The first-order chi connectivity index (χ1) is 13.0. The number of nitrogen functional groups attached to an aromatic ring is 1. The van der Waals surface area contributed by atoms with E-state index >= 15 is 0 Å². The number of Topliss-reactive ketones (excluding diaryl/α,β-unsaturated/α-hetero) is 1. The number of hydrazone groups is 1. The third-order valence-electron chi connectivity index (χ3n) is 3.78. The quantitative estimate of drug-likeness (QED) is 0.321. The Morgan fingerprint density at radius 1 is 0.964 bits per heavy atom. The molecule has 0 unspecified atom stereocenters. The highest BCUT2D eigenvalue weighted by Gasteiger charge is 2.35. The molecule has 0 aliphatic heterocycles. The van der Waals surface area contributed by atoms with Crippen molar-refractivity contribution in [3.8, 4) is 0 Å². The van der Waals surface area contributed by atoms with Crippen LogP contribution in [0.1, 0.15) is 15.9 Å². The molecule has 5 N–H and O–H groups in total. The Hall–Kier alpha value is -3.06. The molecular formula is C16H13N3O7S2. The van der Waals surface area contributed by atoms with Crippen molar-refractivity contribution >= 4 is 49.2 Å². The molecule has 0 saturated carbocycles. The van der Waals surface area contributed by atoms with Crippen molar-refractivity contribution in [1.82, 2.24) is 0 Å². The van der Waals surface area contributed by atoms with E-state index in [0.717, 1.165) is 18.2 Å². The lowest BCUT2D eigenvalue weighted by Crippen LogP contribution is -2.28. The number of carbonyl (C=O) groups excluding carboxylic acids is 1. The molecule has 12 heteroatoms. The molecule has 0 amide bonds. The Kier molecular flexibility index (Phi) is 4.81. The van der Waals surface area contributed by atoms with E-state index in [-0.39, 0.29) is 16.8 Å². The minimum Gasteiger partial charge on any atom is -0.398 e. The second-order valence-corrected chi connectivity index (χ2v) is 8.51. The van der Waals surface area contributed by atoms with Gasteiger partial charge in [-0.3, -0.25) is 19.3 Å². The van der Waals surface area contributed by atoms with Crippen LogP contribution in [0.25, 0.3) is 6.08 Å². The summed E-state index contributed by atoms with van der Waals surface area (Å²) >= 11 is 0. The number of ketones is 1. The van der Waals surface area contributed by atoms with Gasteiger partial charge in [0, 0.05) is 5.69 Å². The number of benzene rings is 2. The van der Waals surface area contributed by atoms with Gasteiger partial charge in [-0.25, -0.2) is 0 Å². The fourth-order valence-corrected chi connectivity index (χ4v) is 3.77. The second kappa shape index (κ2) is 6.83. The number of nitrogens with two attached hydrogens (primary N) is 1. The van der Waals surface area contributed by atoms with E-state index < -0.39 is 41.5 Å². The predicted octanol–water partition coefficient (Wildman–Crippen LogP) is 1.41. The Bertz CT molecular complexity index is 1250. The van der Waals surface area contributed by atoms with Crippen molar-refractivity contribution < 1.29 is 30.7 Å². The molecule has 2 aromatic rings. The van der Waals surface area contributed by atoms with Gasteiger partial charge >= 0.3 is 0 Å². The minimum atomic E-state index is -4.90. The van der Waals surface area contributed by atoms with Gasteiger partial charge in [-0.2, -0.15) is 21.9 Å². The number of rotatable bonds is 4. The fraction of sp³-hybridized carbons (Fsp3) is 0. The largest absolute Gasteiger partial charge is 0.398 e. The summed E-state index contributed by atoms with van der Waals surface area (Å²) in [7, 11) is -9.56. The summed E-state index contributed by atoms with van der Waals surface area (Å²) in [6.07, 6.45) is 0.850. The van der Waals surface area contributed by atoms with Gasteiger partial charge < -0.3 is 5.73 Å². The van der Waals surface area contributed by atoms with E-state index in [1.807, 2.05) is 0 Å². The average Bonchev–Trinajstić information content (AvgIpc) is 2.59. The molecule has 1 aliphatic carbocycles. The van der Waals surface area contributed by atoms with Crippen LogP contribution in [-0.2, 0) is 20.2 Å². The van der Waals surface area contributed by atoms with E-state index in [9.17, 15) is 30.7 Å². The van der Waals surface area contributed by atoms with Crippen LogP contribution in [0.4, 0.5) is 11.4 Å². The second-order valence-electron chi connectivity index (χ2n) is 5.70. The molecule has 2 aromatic carbocycles. The van der Waals surface area contributed by atoms with Crippen LogP contribution in [0.15, 0.2) is 57.4 Å². The number of nitrogens with one attached hydrogen (secondary N) is 1. The molecular weight excluding hydrogens is 410 g/mol. The molecule has 0 fully saturated rings. The highest BCUT2D eigenvalue weighted by atomic mass is 32.2. The molecule has 3 rings (SSSR count). The van der Waals surface area contributed by atoms with Crippen molar-refractivity contribution in [3.05, 3.63) is 58.5 Å². The standard InChI is InChI=1S/C16H13N3O7S2/c17-12-8-11(27(21,22)23)6-9-7-13(28(24,25)26)15(16(20)14(9)12)19-18-10-4-2-1-3-5-10/h1-8,18H,17H2,(H,21,22,23)(H,24,25,26)/b19-15-. The molecule has 0 atom stereocenters. The molecule has 10 nitrogen and oxygen atoms in total. The number of hydrogen-bond donors (Lipinski definition) is 4. The third-order valence-corrected chi connectivity index (χ3v) is 5.48. The average molecular weight is 423 g/mol. The van der Waals surface area contributed by atoms with Gasteiger partial charge in [0.15, 0.2) is 5.71 Å². The SMILES string of the molecule is Nc1cc(S(=O)(=O)O)cc2c1C(=O)/C(=N\Nc1ccccc1)C(S(=O)(=O)O)=C2. The third kappa shape index (κ3) is 3.80. The van der Waals surface area contributed by atoms with Gasteiger partial charge in [0.2, 0.25) is 5.78 Å². The first-order valence-electron chi connectivity index (χ1n) is 7.52. The van der Waals surface area contributed by atoms with E-state index in [4.69, 9.17) is 5.73 Å². The Morgan fingerprint density at radius 2 is 1.61 bits per heavy atom. The van der Waals surface area contributed by atoms with Gasteiger partial charge in [0.25, 0.3) is 20.2 Å². The van der Waals surface area contributed by atoms with Crippen LogP contribution in [-0.4, -0.2) is 37.4 Å². The van der Waals surface area contributed by atoms with Gasteiger partial charge in [0.05, 0.1) is 16.1 Å². The van der Waals surface area contributed by atoms with Gasteiger partial charge in [-0.05, 0) is 35.9 Å². The van der Waals surface area contributed by atoms with E-state index in [1.54, 1.807) is 30.3 Å². The predicted molar refractivity (Wildman–Crippen MR) is 102 cm³/mol. The molecule has 0 heterocycles. The van der Waals surface area contributed by atoms with Crippen LogP contribution in [0.2, 0.25) is 0 Å². The zero-order chi connectivity index (χ0) is 20.7. The van der Waals surface area contributed by atoms with E-state index in [1.165, 1.54) is 0 Å². The topological polar surface area (TPSA) is 176 Å². The molecule has 0 aromatic heterocycles. The highest BCUT2D eigenvalue weighted by Crippen LogP contribution is 2.32. The molecule has 0 bridgehead atoms. The lowest BCUT2D eigenvalue weighted by Gasteiger charge is -2.18. The van der Waals surface area contributed by atoms with Crippen molar-refractivity contribution in [3.63, 3.8) is 0 Å². The Morgan fingerprint density at radius 3 is 2.18 bits per heavy atom. The number of nitrogens with zero attached hydrogens (tertiary/aromatic N) is 1. The summed E-state index contributed by atoms with van der Waals surface area (Å²) in [6, 6.07) is 10.0. The smallest absolute Gasteiger partial charge is 0.296 e. The minimum absolute atomic E-state index is 0.205. The summed E-state index contributed by atoms with van der Waals surface area (Å²) in [5.41, 5.74) is 7.32. The van der Waals surface area contributed by atoms with Crippen molar-refractivity contribution in [1.29, 1.82) is 0 Å². The number of carbonyl (C=O) groups is 1. The first kappa shape index (κ1) is 19.7. The van der Waals surface area contributed by atoms with Crippen molar-refractivity contribution in [2.24, 2.45) is 5.10 Å². The summed E-state index contributed by atoms with van der Waals surface area (Å²) in [5, 5.41) is 3.78. The number of hydrogen-bond acceptors (Lipinski definition) is 8. The first-order valence-corrected chi connectivity index (χ1v) is 10.4. The van der Waals surface area contributed by atoms with Crippen LogP contribution >= 0.6 is 0 Å². The lowest BCUT2D eigenvalue weighted by atomic mass is 9.93. The monoisotopic (exact) mass is 423 g/mol. The van der Waals surface area contributed by atoms with Crippen molar-refractivity contribution in [2.45, 2.75) is 4.90 Å². The summed E-state index contributed by atoms with van der Waals surface area (Å²) in [6.45, 7) is 0. The van der Waals surface area contributed by atoms with Crippen LogP contribution in [0.3, 0.4) is 0 Å². The molecule has 0 radical (unpaired) electrons. The molecule has 28 heavy (non-hydrogen) atoms. The number of fused-ring (bicyclic) bond motifs is 1. The van der Waals surface area contributed by atoms with Crippen molar-refractivity contribution in [2.75, 3.05) is 11.2 Å². The molecule has 1 aliphatic rings. The summed E-state index contributed by atoms with van der Waals surface area (Å²) in [4.78, 5) is 11.3. The lowest BCUT2D eigenvalue weighted by molar-refractivity contribution is 0.106.